The lowest BCUT2D eigenvalue weighted by molar-refractivity contribution is 0.885. The van der Waals surface area contributed by atoms with Crippen LogP contribution in [0.3, 0.4) is 0 Å². The van der Waals surface area contributed by atoms with Crippen LogP contribution in [0, 0.1) is 3.57 Å². The molecule has 0 aliphatic rings. The van der Waals surface area contributed by atoms with Gasteiger partial charge in [0.05, 0.1) is 6.04 Å². The van der Waals surface area contributed by atoms with Gasteiger partial charge in [-0.25, -0.2) is 0 Å². The first-order valence-corrected chi connectivity index (χ1v) is 7.37. The van der Waals surface area contributed by atoms with Gasteiger partial charge in [0.25, 0.3) is 0 Å². The molecule has 0 radical (unpaired) electrons. The summed E-state index contributed by atoms with van der Waals surface area (Å²) in [5.74, 6) is 0. The van der Waals surface area contributed by atoms with Gasteiger partial charge < -0.3 is 5.32 Å². The first-order chi connectivity index (χ1) is 8.56. The molecule has 0 heterocycles. The molecule has 0 saturated carbocycles. The van der Waals surface area contributed by atoms with E-state index in [9.17, 15) is 0 Å². The van der Waals surface area contributed by atoms with E-state index in [0.29, 0.717) is 5.02 Å². The van der Waals surface area contributed by atoms with Crippen molar-refractivity contribution in [2.24, 2.45) is 0 Å². The van der Waals surface area contributed by atoms with Gasteiger partial charge in [-0.05, 0) is 77.5 Å². The molecule has 0 aliphatic carbocycles. The predicted molar refractivity (Wildman–Crippen MR) is 87.7 cm³/mol. The van der Waals surface area contributed by atoms with E-state index < -0.39 is 0 Å². The predicted octanol–water partition coefficient (Wildman–Crippen LogP) is 5.77. The van der Waals surface area contributed by atoms with Crippen LogP contribution in [-0.4, -0.2) is 0 Å². The molecule has 1 atom stereocenters. The van der Waals surface area contributed by atoms with E-state index in [-0.39, 0.29) is 6.04 Å². The van der Waals surface area contributed by atoms with Crippen molar-refractivity contribution in [1.82, 2.24) is 0 Å². The van der Waals surface area contributed by atoms with Gasteiger partial charge in [-0.3, -0.25) is 0 Å². The van der Waals surface area contributed by atoms with Crippen LogP contribution in [-0.2, 0) is 0 Å². The van der Waals surface area contributed by atoms with Crippen molar-refractivity contribution in [3.05, 3.63) is 61.6 Å². The van der Waals surface area contributed by atoms with Gasteiger partial charge in [-0.2, -0.15) is 0 Å². The van der Waals surface area contributed by atoms with Gasteiger partial charge in [0, 0.05) is 19.3 Å². The fourth-order valence-electron chi connectivity index (χ4n) is 1.72. The third kappa shape index (κ3) is 3.53. The Morgan fingerprint density at radius 2 is 1.72 bits per heavy atom. The molecular formula is C14H12Cl2IN. The maximum absolute atomic E-state index is 6.18. The van der Waals surface area contributed by atoms with Crippen molar-refractivity contribution in [2.75, 3.05) is 5.32 Å². The van der Waals surface area contributed by atoms with E-state index in [1.807, 2.05) is 12.1 Å². The fraction of sp³-hybridized carbons (Fsp3) is 0.143. The summed E-state index contributed by atoms with van der Waals surface area (Å²) >= 11 is 14.5. The number of nitrogens with one attached hydrogen (secondary N) is 1. The molecule has 1 nitrogen and oxygen atoms in total. The number of hydrogen-bond donors (Lipinski definition) is 1. The molecule has 1 unspecified atom stereocenters. The zero-order valence-corrected chi connectivity index (χ0v) is 13.4. The van der Waals surface area contributed by atoms with Gasteiger partial charge in [0.15, 0.2) is 0 Å². The van der Waals surface area contributed by atoms with Crippen LogP contribution < -0.4 is 5.32 Å². The summed E-state index contributed by atoms with van der Waals surface area (Å²) in [5, 5.41) is 4.83. The summed E-state index contributed by atoms with van der Waals surface area (Å²) < 4.78 is 1.21. The van der Waals surface area contributed by atoms with E-state index in [0.717, 1.165) is 16.3 Å². The van der Waals surface area contributed by atoms with Gasteiger partial charge in [-0.15, -0.1) is 0 Å². The molecule has 2 aromatic carbocycles. The standard InChI is InChI=1S/C14H12Cl2IN/c1-9(13-8-10(15)2-7-14(13)16)18-12-5-3-11(17)4-6-12/h2-9,18H,1H3. The Labute approximate surface area is 131 Å². The Balaban J connectivity index is 2.18. The normalized spacial score (nSPS) is 12.2. The lowest BCUT2D eigenvalue weighted by Gasteiger charge is -2.17. The van der Waals surface area contributed by atoms with E-state index in [4.69, 9.17) is 23.2 Å². The molecule has 2 aromatic rings. The van der Waals surface area contributed by atoms with Crippen molar-refractivity contribution in [3.8, 4) is 0 Å². The maximum Gasteiger partial charge on any atom is 0.0500 e. The molecule has 4 heteroatoms. The molecule has 2 rings (SSSR count). The average Bonchev–Trinajstić information content (AvgIpc) is 2.35. The number of anilines is 1. The van der Waals surface area contributed by atoms with Crippen LogP contribution in [0.4, 0.5) is 5.69 Å². The topological polar surface area (TPSA) is 12.0 Å². The average molecular weight is 392 g/mol. The summed E-state index contributed by atoms with van der Waals surface area (Å²) in [4.78, 5) is 0. The molecular weight excluding hydrogens is 380 g/mol. The summed E-state index contributed by atoms with van der Waals surface area (Å²) in [6.07, 6.45) is 0. The van der Waals surface area contributed by atoms with Crippen LogP contribution in [0.15, 0.2) is 42.5 Å². The first kappa shape index (κ1) is 14.0. The van der Waals surface area contributed by atoms with E-state index >= 15 is 0 Å². The second-order valence-electron chi connectivity index (χ2n) is 4.04. The highest BCUT2D eigenvalue weighted by atomic mass is 127. The monoisotopic (exact) mass is 391 g/mol. The second kappa shape index (κ2) is 6.13. The number of benzene rings is 2. The smallest absolute Gasteiger partial charge is 0.0500 e. The molecule has 94 valence electrons. The first-order valence-electron chi connectivity index (χ1n) is 5.53. The third-order valence-electron chi connectivity index (χ3n) is 2.65. The highest BCUT2D eigenvalue weighted by Gasteiger charge is 2.10. The van der Waals surface area contributed by atoms with Crippen LogP contribution in [0.25, 0.3) is 0 Å². The minimum Gasteiger partial charge on any atom is -0.378 e. The van der Waals surface area contributed by atoms with Crippen LogP contribution >= 0.6 is 45.8 Å². The van der Waals surface area contributed by atoms with Crippen LogP contribution in [0.5, 0.6) is 0 Å². The molecule has 1 N–H and O–H groups in total. The third-order valence-corrected chi connectivity index (χ3v) is 3.95. The number of rotatable bonds is 3. The lowest BCUT2D eigenvalue weighted by Crippen LogP contribution is -2.07. The van der Waals surface area contributed by atoms with Crippen LogP contribution in [0.2, 0.25) is 10.0 Å². The summed E-state index contributed by atoms with van der Waals surface area (Å²) in [7, 11) is 0. The Bertz CT molecular complexity index is 540. The Hall–Kier alpha value is -0.450. The van der Waals surface area contributed by atoms with Gasteiger partial charge in [-0.1, -0.05) is 23.2 Å². The van der Waals surface area contributed by atoms with Crippen molar-refractivity contribution in [2.45, 2.75) is 13.0 Å². The van der Waals surface area contributed by atoms with Crippen molar-refractivity contribution in [1.29, 1.82) is 0 Å². The minimum atomic E-state index is 0.108. The number of hydrogen-bond acceptors (Lipinski definition) is 1. The second-order valence-corrected chi connectivity index (χ2v) is 6.13. The molecule has 0 fully saturated rings. The van der Waals surface area contributed by atoms with Crippen molar-refractivity contribution >= 4 is 51.5 Å². The largest absolute Gasteiger partial charge is 0.378 e. The quantitative estimate of drug-likeness (QED) is 0.654. The molecule has 0 amide bonds. The molecule has 18 heavy (non-hydrogen) atoms. The van der Waals surface area contributed by atoms with E-state index in [2.05, 4.69) is 59.1 Å². The maximum atomic E-state index is 6.18. The Kier molecular flexibility index (Phi) is 4.76. The molecule has 0 aromatic heterocycles. The number of halogens is 3. The zero-order valence-electron chi connectivity index (χ0n) is 9.75. The fourth-order valence-corrected chi connectivity index (χ4v) is 2.54. The lowest BCUT2D eigenvalue weighted by atomic mass is 10.1. The van der Waals surface area contributed by atoms with Crippen molar-refractivity contribution < 1.29 is 0 Å². The zero-order chi connectivity index (χ0) is 13.1. The summed E-state index contributed by atoms with van der Waals surface area (Å²) in [6, 6.07) is 13.9. The van der Waals surface area contributed by atoms with Gasteiger partial charge in [0.2, 0.25) is 0 Å². The molecule has 0 bridgehead atoms. The van der Waals surface area contributed by atoms with E-state index in [1.165, 1.54) is 3.57 Å². The summed E-state index contributed by atoms with van der Waals surface area (Å²) in [5.41, 5.74) is 2.07. The van der Waals surface area contributed by atoms with Gasteiger partial charge >= 0.3 is 0 Å². The molecule has 0 aliphatic heterocycles. The molecule has 0 saturated heterocycles. The minimum absolute atomic E-state index is 0.108. The van der Waals surface area contributed by atoms with Crippen molar-refractivity contribution in [3.63, 3.8) is 0 Å². The SMILES string of the molecule is CC(Nc1ccc(I)cc1)c1cc(Cl)ccc1Cl. The van der Waals surface area contributed by atoms with Crippen LogP contribution in [0.1, 0.15) is 18.5 Å². The highest BCUT2D eigenvalue weighted by molar-refractivity contribution is 14.1. The van der Waals surface area contributed by atoms with E-state index in [1.54, 1.807) is 6.07 Å². The Morgan fingerprint density at radius 3 is 2.39 bits per heavy atom. The van der Waals surface area contributed by atoms with Gasteiger partial charge in [0.1, 0.15) is 0 Å². The summed E-state index contributed by atoms with van der Waals surface area (Å²) in [6.45, 7) is 2.06. The molecule has 0 spiro atoms. The Morgan fingerprint density at radius 1 is 1.06 bits per heavy atom. The highest BCUT2D eigenvalue weighted by Crippen LogP contribution is 2.28.